The highest BCUT2D eigenvalue weighted by atomic mass is 16.2. The van der Waals surface area contributed by atoms with Crippen LogP contribution in [-0.2, 0) is 9.59 Å². The molecule has 106 valence electrons. The van der Waals surface area contributed by atoms with E-state index in [9.17, 15) is 14.4 Å². The number of nitrogens with zero attached hydrogens (tertiary/aromatic N) is 1. The van der Waals surface area contributed by atoms with Crippen molar-refractivity contribution in [3.63, 3.8) is 0 Å². The number of carbonyl (C=O) groups excluding carboxylic acids is 3. The number of hydrogen-bond acceptors (Lipinski definition) is 3. The molecule has 1 saturated heterocycles. The van der Waals surface area contributed by atoms with Crippen LogP contribution in [0.25, 0.3) is 0 Å². The summed E-state index contributed by atoms with van der Waals surface area (Å²) in [7, 11) is 0. The predicted molar refractivity (Wildman–Crippen MR) is 74.2 cm³/mol. The Morgan fingerprint density at radius 3 is 2.55 bits per heavy atom. The van der Waals surface area contributed by atoms with Crippen molar-refractivity contribution in [1.82, 2.24) is 10.2 Å². The number of rotatable bonds is 1. The fourth-order valence-electron chi connectivity index (χ4n) is 2.24. The van der Waals surface area contributed by atoms with Crippen LogP contribution >= 0.6 is 0 Å². The molecule has 0 saturated carbocycles. The third kappa shape index (κ3) is 2.19. The average molecular weight is 274 g/mol. The molecule has 1 fully saturated rings. The van der Waals surface area contributed by atoms with Gasteiger partial charge in [0.1, 0.15) is 12.1 Å². The molecule has 0 aromatic heterocycles. The van der Waals surface area contributed by atoms with Gasteiger partial charge in [0.25, 0.3) is 11.8 Å². The summed E-state index contributed by atoms with van der Waals surface area (Å²) in [6.45, 7) is 6.95. The molecular weight excluding hydrogens is 256 g/mol. The van der Waals surface area contributed by atoms with Gasteiger partial charge >= 0.3 is 0 Å². The number of benzene rings is 1. The maximum Gasteiger partial charge on any atom is 0.255 e. The zero-order chi connectivity index (χ0) is 15.1. The number of piperazine rings is 1. The lowest BCUT2D eigenvalue weighted by molar-refractivity contribution is -0.143. The van der Waals surface area contributed by atoms with Crippen LogP contribution in [0.15, 0.2) is 18.2 Å². The van der Waals surface area contributed by atoms with Crippen LogP contribution < -0.4 is 5.32 Å². The second-order valence-corrected chi connectivity index (χ2v) is 5.58. The second-order valence-electron chi connectivity index (χ2n) is 5.58. The number of imide groups is 1. The molecule has 0 bridgehead atoms. The fourth-order valence-corrected chi connectivity index (χ4v) is 2.24. The van der Waals surface area contributed by atoms with Crippen molar-refractivity contribution < 1.29 is 14.4 Å². The first kappa shape index (κ1) is 14.2. The van der Waals surface area contributed by atoms with Crippen LogP contribution in [0.3, 0.4) is 0 Å². The first-order valence-electron chi connectivity index (χ1n) is 6.47. The lowest BCUT2D eigenvalue weighted by atomic mass is 9.95. The molecule has 1 aromatic carbocycles. The van der Waals surface area contributed by atoms with E-state index in [4.69, 9.17) is 0 Å². The van der Waals surface area contributed by atoms with Gasteiger partial charge in [-0.25, -0.2) is 0 Å². The molecule has 5 heteroatoms. The van der Waals surface area contributed by atoms with Gasteiger partial charge in [0.15, 0.2) is 0 Å². The first-order valence-corrected chi connectivity index (χ1v) is 6.47. The van der Waals surface area contributed by atoms with Crippen LogP contribution in [0.1, 0.15) is 35.3 Å². The number of amides is 3. The number of nitrogens with one attached hydrogen (secondary N) is 1. The summed E-state index contributed by atoms with van der Waals surface area (Å²) in [4.78, 5) is 37.4. The average Bonchev–Trinajstić information content (AvgIpc) is 2.37. The first-order chi connectivity index (χ1) is 9.25. The molecular formula is C15H18N2O3. The Kier molecular flexibility index (Phi) is 3.38. The Hall–Kier alpha value is -2.17. The molecule has 3 amide bonds. The van der Waals surface area contributed by atoms with Gasteiger partial charge in [0.2, 0.25) is 5.91 Å². The summed E-state index contributed by atoms with van der Waals surface area (Å²) in [6, 6.07) is 5.44. The largest absolute Gasteiger partial charge is 0.315 e. The third-order valence-electron chi connectivity index (χ3n) is 3.87. The molecule has 0 spiro atoms. The van der Waals surface area contributed by atoms with E-state index < -0.39 is 17.4 Å². The van der Waals surface area contributed by atoms with E-state index >= 15 is 0 Å². The van der Waals surface area contributed by atoms with Gasteiger partial charge in [-0.05, 0) is 44.9 Å². The fraction of sp³-hybridized carbons (Fsp3) is 0.400. The van der Waals surface area contributed by atoms with Gasteiger partial charge in [-0.2, -0.15) is 0 Å². The predicted octanol–water partition coefficient (Wildman–Crippen LogP) is 1.18. The summed E-state index contributed by atoms with van der Waals surface area (Å²) in [5.74, 6) is -1.19. The molecule has 20 heavy (non-hydrogen) atoms. The van der Waals surface area contributed by atoms with E-state index in [2.05, 4.69) is 5.32 Å². The Morgan fingerprint density at radius 1 is 1.25 bits per heavy atom. The van der Waals surface area contributed by atoms with Crippen molar-refractivity contribution in [3.05, 3.63) is 34.9 Å². The highest BCUT2D eigenvalue weighted by Crippen LogP contribution is 2.23. The van der Waals surface area contributed by atoms with Gasteiger partial charge in [-0.15, -0.1) is 0 Å². The van der Waals surface area contributed by atoms with Crippen LogP contribution in [0.5, 0.6) is 0 Å². The van der Waals surface area contributed by atoms with Gasteiger partial charge < -0.3 is 4.90 Å². The smallest absolute Gasteiger partial charge is 0.255 e. The molecule has 1 aliphatic heterocycles. The van der Waals surface area contributed by atoms with Crippen LogP contribution in [-0.4, -0.2) is 34.7 Å². The quantitative estimate of drug-likeness (QED) is 0.782. The van der Waals surface area contributed by atoms with Crippen molar-refractivity contribution in [2.45, 2.75) is 33.2 Å². The summed E-state index contributed by atoms with van der Waals surface area (Å²) in [5.41, 5.74) is 1.36. The minimum Gasteiger partial charge on any atom is -0.315 e. The topological polar surface area (TPSA) is 66.5 Å². The van der Waals surface area contributed by atoms with Crippen molar-refractivity contribution >= 4 is 17.7 Å². The maximum atomic E-state index is 12.7. The molecule has 0 radical (unpaired) electrons. The summed E-state index contributed by atoms with van der Waals surface area (Å²) < 4.78 is 0. The number of hydrogen-bond donors (Lipinski definition) is 1. The van der Waals surface area contributed by atoms with E-state index in [0.29, 0.717) is 5.56 Å². The van der Waals surface area contributed by atoms with E-state index in [1.54, 1.807) is 26.0 Å². The van der Waals surface area contributed by atoms with Crippen molar-refractivity contribution in [1.29, 1.82) is 0 Å². The van der Waals surface area contributed by atoms with Crippen molar-refractivity contribution in [3.8, 4) is 0 Å². The molecule has 1 aromatic rings. The molecule has 5 nitrogen and oxygen atoms in total. The monoisotopic (exact) mass is 274 g/mol. The van der Waals surface area contributed by atoms with Crippen LogP contribution in [0, 0.1) is 13.8 Å². The maximum absolute atomic E-state index is 12.7. The van der Waals surface area contributed by atoms with Crippen LogP contribution in [0.4, 0.5) is 0 Å². The zero-order valence-corrected chi connectivity index (χ0v) is 12.1. The standard InChI is InChI=1S/C15H18N2O3/c1-9-6-5-7-11(10(9)2)13(19)17-8-12(18)16-14(20)15(17,3)4/h5-7H,8H2,1-4H3,(H,16,18,20). The second kappa shape index (κ2) is 4.74. The number of carbonyl (C=O) groups is 3. The molecule has 2 rings (SSSR count). The molecule has 0 aliphatic carbocycles. The molecule has 0 atom stereocenters. The normalized spacial score (nSPS) is 17.9. The van der Waals surface area contributed by atoms with E-state index in [-0.39, 0.29) is 12.5 Å². The van der Waals surface area contributed by atoms with E-state index in [1.165, 1.54) is 4.90 Å². The van der Waals surface area contributed by atoms with Crippen molar-refractivity contribution in [2.75, 3.05) is 6.54 Å². The minimum atomic E-state index is -1.04. The van der Waals surface area contributed by atoms with E-state index in [1.807, 2.05) is 19.9 Å². The lowest BCUT2D eigenvalue weighted by Crippen LogP contribution is -2.65. The Balaban J connectivity index is 2.43. The van der Waals surface area contributed by atoms with Crippen molar-refractivity contribution in [2.24, 2.45) is 0 Å². The summed E-state index contributed by atoms with van der Waals surface area (Å²) in [6.07, 6.45) is 0. The molecule has 0 unspecified atom stereocenters. The van der Waals surface area contributed by atoms with Crippen LogP contribution in [0.2, 0.25) is 0 Å². The Labute approximate surface area is 118 Å². The zero-order valence-electron chi connectivity index (χ0n) is 12.1. The highest BCUT2D eigenvalue weighted by Gasteiger charge is 2.43. The Bertz CT molecular complexity index is 605. The van der Waals surface area contributed by atoms with E-state index in [0.717, 1.165) is 11.1 Å². The van der Waals surface area contributed by atoms with Gasteiger partial charge in [-0.1, -0.05) is 12.1 Å². The van der Waals surface area contributed by atoms with Gasteiger partial charge in [0.05, 0.1) is 0 Å². The molecule has 1 N–H and O–H groups in total. The molecule has 1 aliphatic rings. The third-order valence-corrected chi connectivity index (χ3v) is 3.87. The minimum absolute atomic E-state index is 0.106. The van der Waals surface area contributed by atoms with Gasteiger partial charge in [-0.3, -0.25) is 19.7 Å². The van der Waals surface area contributed by atoms with Gasteiger partial charge in [0, 0.05) is 5.56 Å². The number of aryl methyl sites for hydroxylation is 1. The summed E-state index contributed by atoms with van der Waals surface area (Å²) >= 11 is 0. The summed E-state index contributed by atoms with van der Waals surface area (Å²) in [5, 5.41) is 2.26. The molecule has 1 heterocycles. The highest BCUT2D eigenvalue weighted by molar-refractivity contribution is 6.09. The lowest BCUT2D eigenvalue weighted by Gasteiger charge is -2.40. The SMILES string of the molecule is Cc1cccc(C(=O)N2CC(=O)NC(=O)C2(C)C)c1C. The Morgan fingerprint density at radius 2 is 1.90 bits per heavy atom.